The van der Waals surface area contributed by atoms with Crippen LogP contribution in [-0.4, -0.2) is 12.1 Å². The fourth-order valence-electron chi connectivity index (χ4n) is 1.60. The maximum absolute atomic E-state index is 12.9. The van der Waals surface area contributed by atoms with E-state index in [0.29, 0.717) is 16.6 Å². The van der Waals surface area contributed by atoms with Crippen molar-refractivity contribution in [1.29, 1.82) is 0 Å². The molecule has 0 spiro atoms. The molecule has 2 nitrogen and oxygen atoms in total. The first-order valence-corrected chi connectivity index (χ1v) is 5.41. The van der Waals surface area contributed by atoms with E-state index in [4.69, 9.17) is 5.73 Å². The zero-order valence-corrected chi connectivity index (χ0v) is 9.22. The van der Waals surface area contributed by atoms with Crippen LogP contribution in [0.3, 0.4) is 0 Å². The Morgan fingerprint density at radius 1 is 1.43 bits per heavy atom. The second-order valence-electron chi connectivity index (χ2n) is 3.70. The Kier molecular flexibility index (Phi) is 2.74. The quantitative estimate of drug-likeness (QED) is 0.856. The lowest BCUT2D eigenvalue weighted by Gasteiger charge is -2.33. The molecule has 1 aliphatic rings. The average Bonchev–Trinajstić information content (AvgIpc) is 2.09. The average molecular weight is 259 g/mol. The van der Waals surface area contributed by atoms with Crippen LogP contribution < -0.4 is 11.1 Å². The summed E-state index contributed by atoms with van der Waals surface area (Å²) in [4.78, 5) is 0. The molecule has 0 saturated heterocycles. The van der Waals surface area contributed by atoms with Crippen molar-refractivity contribution < 1.29 is 4.39 Å². The summed E-state index contributed by atoms with van der Waals surface area (Å²) >= 11 is 3.15. The van der Waals surface area contributed by atoms with E-state index in [1.165, 1.54) is 6.07 Å². The van der Waals surface area contributed by atoms with Crippen molar-refractivity contribution in [2.24, 2.45) is 5.73 Å². The van der Waals surface area contributed by atoms with Gasteiger partial charge in [0.25, 0.3) is 0 Å². The molecule has 1 saturated carbocycles. The molecule has 1 aromatic carbocycles. The highest BCUT2D eigenvalue weighted by molar-refractivity contribution is 9.10. The molecule has 0 aliphatic heterocycles. The van der Waals surface area contributed by atoms with E-state index >= 15 is 0 Å². The molecule has 0 aromatic heterocycles. The molecule has 1 aliphatic carbocycles. The van der Waals surface area contributed by atoms with Gasteiger partial charge in [0.05, 0.1) is 4.47 Å². The minimum absolute atomic E-state index is 0.235. The van der Waals surface area contributed by atoms with Crippen LogP contribution in [0.1, 0.15) is 12.8 Å². The second kappa shape index (κ2) is 3.87. The number of rotatable bonds is 2. The predicted molar refractivity (Wildman–Crippen MR) is 58.7 cm³/mol. The van der Waals surface area contributed by atoms with Crippen molar-refractivity contribution in [2.75, 3.05) is 5.32 Å². The number of nitrogens with one attached hydrogen (secondary N) is 1. The summed E-state index contributed by atoms with van der Waals surface area (Å²) in [6.45, 7) is 0. The molecule has 0 unspecified atom stereocenters. The Morgan fingerprint density at radius 2 is 2.14 bits per heavy atom. The van der Waals surface area contributed by atoms with Crippen molar-refractivity contribution in [2.45, 2.75) is 24.9 Å². The van der Waals surface area contributed by atoms with Gasteiger partial charge in [-0.3, -0.25) is 0 Å². The number of hydrogen-bond donors (Lipinski definition) is 2. The van der Waals surface area contributed by atoms with Gasteiger partial charge in [-0.2, -0.15) is 0 Å². The van der Waals surface area contributed by atoms with E-state index in [9.17, 15) is 4.39 Å². The molecular formula is C10H12BrFN2. The Bertz CT molecular complexity index is 337. The maximum Gasteiger partial charge on any atom is 0.137 e. The largest absolute Gasteiger partial charge is 0.382 e. The van der Waals surface area contributed by atoms with Gasteiger partial charge in [0.15, 0.2) is 0 Å². The van der Waals surface area contributed by atoms with Crippen molar-refractivity contribution in [3.05, 3.63) is 28.5 Å². The van der Waals surface area contributed by atoms with Crippen molar-refractivity contribution >= 4 is 21.6 Å². The summed E-state index contributed by atoms with van der Waals surface area (Å²) in [5.74, 6) is -0.235. The van der Waals surface area contributed by atoms with E-state index in [0.717, 1.165) is 18.5 Å². The third-order valence-electron chi connectivity index (χ3n) is 2.46. The normalized spacial score (nSPS) is 25.6. The molecule has 14 heavy (non-hydrogen) atoms. The number of nitrogens with two attached hydrogens (primary N) is 1. The molecule has 0 heterocycles. The lowest BCUT2D eigenvalue weighted by molar-refractivity contribution is 0.373. The fourth-order valence-corrected chi connectivity index (χ4v) is 1.98. The Hall–Kier alpha value is -0.610. The summed E-state index contributed by atoms with van der Waals surface area (Å²) in [6, 6.07) is 5.72. The maximum atomic E-state index is 12.9. The number of benzene rings is 1. The van der Waals surface area contributed by atoms with Crippen LogP contribution in [0.5, 0.6) is 0 Å². The van der Waals surface area contributed by atoms with Gasteiger partial charge >= 0.3 is 0 Å². The van der Waals surface area contributed by atoms with Gasteiger partial charge in [-0.15, -0.1) is 0 Å². The van der Waals surface area contributed by atoms with Crippen LogP contribution in [0.4, 0.5) is 10.1 Å². The summed E-state index contributed by atoms with van der Waals surface area (Å²) in [7, 11) is 0. The predicted octanol–water partition coefficient (Wildman–Crippen LogP) is 2.49. The Labute approximate surface area is 90.8 Å². The first-order valence-electron chi connectivity index (χ1n) is 4.62. The van der Waals surface area contributed by atoms with Gasteiger partial charge in [-0.1, -0.05) is 0 Å². The third-order valence-corrected chi connectivity index (χ3v) is 3.07. The minimum Gasteiger partial charge on any atom is -0.382 e. The molecular weight excluding hydrogens is 247 g/mol. The lowest BCUT2D eigenvalue weighted by atomic mass is 9.87. The molecule has 3 N–H and O–H groups in total. The van der Waals surface area contributed by atoms with Crippen LogP contribution in [0, 0.1) is 5.82 Å². The van der Waals surface area contributed by atoms with Crippen molar-refractivity contribution in [3.63, 3.8) is 0 Å². The Morgan fingerprint density at radius 3 is 2.71 bits per heavy atom. The SMILES string of the molecule is NC1CC(Nc2ccc(F)c(Br)c2)C1. The van der Waals surface area contributed by atoms with E-state index in [1.807, 2.05) is 0 Å². The molecule has 0 amide bonds. The molecule has 0 radical (unpaired) electrons. The first kappa shape index (κ1) is 9.93. The number of hydrogen-bond acceptors (Lipinski definition) is 2. The third kappa shape index (κ3) is 2.07. The lowest BCUT2D eigenvalue weighted by Crippen LogP contribution is -2.44. The van der Waals surface area contributed by atoms with Crippen molar-refractivity contribution in [1.82, 2.24) is 0 Å². The van der Waals surface area contributed by atoms with E-state index < -0.39 is 0 Å². The van der Waals surface area contributed by atoms with Gasteiger partial charge in [-0.25, -0.2) is 4.39 Å². The summed E-state index contributed by atoms with van der Waals surface area (Å²) < 4.78 is 13.4. The van der Waals surface area contributed by atoms with Crippen LogP contribution in [-0.2, 0) is 0 Å². The topological polar surface area (TPSA) is 38.0 Å². The van der Waals surface area contributed by atoms with Gasteiger partial charge in [0.2, 0.25) is 0 Å². The smallest absolute Gasteiger partial charge is 0.137 e. The molecule has 4 heteroatoms. The highest BCUT2D eigenvalue weighted by atomic mass is 79.9. The van der Waals surface area contributed by atoms with Crippen LogP contribution >= 0.6 is 15.9 Å². The van der Waals surface area contributed by atoms with E-state index in [1.54, 1.807) is 12.1 Å². The van der Waals surface area contributed by atoms with Gasteiger partial charge < -0.3 is 11.1 Å². The highest BCUT2D eigenvalue weighted by Crippen LogP contribution is 2.25. The van der Waals surface area contributed by atoms with Crippen LogP contribution in [0.25, 0.3) is 0 Å². The zero-order chi connectivity index (χ0) is 10.1. The second-order valence-corrected chi connectivity index (χ2v) is 4.56. The van der Waals surface area contributed by atoms with Crippen LogP contribution in [0.15, 0.2) is 22.7 Å². The zero-order valence-electron chi connectivity index (χ0n) is 7.63. The van der Waals surface area contributed by atoms with Crippen molar-refractivity contribution in [3.8, 4) is 0 Å². The molecule has 1 fully saturated rings. The molecule has 76 valence electrons. The molecule has 0 bridgehead atoms. The van der Waals surface area contributed by atoms with Crippen LogP contribution in [0.2, 0.25) is 0 Å². The molecule has 1 aromatic rings. The molecule has 2 rings (SSSR count). The minimum atomic E-state index is -0.235. The number of halogens is 2. The van der Waals surface area contributed by atoms with Gasteiger partial charge in [-0.05, 0) is 47.0 Å². The standard InChI is InChI=1S/C10H12BrFN2/c11-9-5-7(1-2-10(9)12)14-8-3-6(13)4-8/h1-2,5-6,8,14H,3-4,13H2. The summed E-state index contributed by atoms with van der Waals surface area (Å²) in [5, 5.41) is 3.30. The van der Waals surface area contributed by atoms with Gasteiger partial charge in [0, 0.05) is 17.8 Å². The van der Waals surface area contributed by atoms with E-state index in [2.05, 4.69) is 21.2 Å². The summed E-state index contributed by atoms with van der Waals surface area (Å²) in [5.41, 5.74) is 6.61. The fraction of sp³-hybridized carbons (Fsp3) is 0.400. The van der Waals surface area contributed by atoms with E-state index in [-0.39, 0.29) is 5.82 Å². The highest BCUT2D eigenvalue weighted by Gasteiger charge is 2.25. The summed E-state index contributed by atoms with van der Waals surface area (Å²) in [6.07, 6.45) is 1.99. The molecule has 0 atom stereocenters. The number of anilines is 1. The first-order chi connectivity index (χ1) is 6.65. The Balaban J connectivity index is 2.00. The van der Waals surface area contributed by atoms with Gasteiger partial charge in [0.1, 0.15) is 5.82 Å². The monoisotopic (exact) mass is 258 g/mol.